The molecule has 2 rings (SSSR count). The lowest BCUT2D eigenvalue weighted by Crippen LogP contribution is -2.19. The van der Waals surface area contributed by atoms with Crippen LogP contribution < -0.4 is 4.67 Å². The summed E-state index contributed by atoms with van der Waals surface area (Å²) in [5.74, 6) is 0.914. The van der Waals surface area contributed by atoms with Gasteiger partial charge in [0.15, 0.2) is 6.21 Å². The van der Waals surface area contributed by atoms with Crippen molar-refractivity contribution >= 4 is 18.8 Å². The minimum Gasteiger partial charge on any atom is -0.219 e. The minimum atomic E-state index is 0.914. The molecule has 0 aromatic heterocycles. The van der Waals surface area contributed by atoms with Gasteiger partial charge in [-0.05, 0) is 6.08 Å². The fourth-order valence-corrected chi connectivity index (χ4v) is 0.840. The van der Waals surface area contributed by atoms with E-state index in [1.54, 1.807) is 18.8 Å². The summed E-state index contributed by atoms with van der Waals surface area (Å²) >= 11 is 0. The Bertz CT molecular complexity index is 290. The maximum absolute atomic E-state index is 4.10. The standard InChI is InChI=1S/C7H6N3/c1-3-9-7-2-4-8-6-10(7)5-1/h1-6H/q+1. The van der Waals surface area contributed by atoms with Crippen LogP contribution in [0.3, 0.4) is 0 Å². The molecule has 0 aliphatic carbocycles. The molecule has 0 aromatic rings. The van der Waals surface area contributed by atoms with Crippen LogP contribution in [0.4, 0.5) is 0 Å². The Morgan fingerprint density at radius 1 is 1.50 bits per heavy atom. The third kappa shape index (κ3) is 0.694. The molecule has 0 unspecified atom stereocenters. The lowest BCUT2D eigenvalue weighted by atomic mass is 10.4. The van der Waals surface area contributed by atoms with E-state index in [1.807, 2.05) is 23.3 Å². The van der Waals surface area contributed by atoms with Gasteiger partial charge in [-0.1, -0.05) is 0 Å². The summed E-state index contributed by atoms with van der Waals surface area (Å²) in [6.07, 6.45) is 10.9. The number of allylic oxidation sites excluding steroid dienone is 2. The maximum atomic E-state index is 4.10. The molecule has 3 nitrogen and oxygen atoms in total. The molecule has 0 aromatic carbocycles. The first-order valence-corrected chi connectivity index (χ1v) is 3.03. The minimum absolute atomic E-state index is 0.914. The molecule has 0 radical (unpaired) electrons. The largest absolute Gasteiger partial charge is 0.343 e. The van der Waals surface area contributed by atoms with Gasteiger partial charge in [0.25, 0.3) is 0 Å². The molecule has 0 spiro atoms. The van der Waals surface area contributed by atoms with Gasteiger partial charge in [0.05, 0.1) is 6.08 Å². The first kappa shape index (κ1) is 5.21. The van der Waals surface area contributed by atoms with Crippen LogP contribution in [0.25, 0.3) is 0 Å². The molecule has 0 saturated carbocycles. The van der Waals surface area contributed by atoms with Crippen molar-refractivity contribution in [2.45, 2.75) is 0 Å². The van der Waals surface area contributed by atoms with Crippen molar-refractivity contribution in [2.75, 3.05) is 0 Å². The highest BCUT2D eigenvalue weighted by Crippen LogP contribution is 2.06. The smallest absolute Gasteiger partial charge is 0.219 e. The number of fused-ring (bicyclic) bond motifs is 1. The Balaban J connectivity index is 2.45. The Kier molecular flexibility index (Phi) is 1.03. The second kappa shape index (κ2) is 1.97. The zero-order chi connectivity index (χ0) is 6.81. The van der Waals surface area contributed by atoms with E-state index in [4.69, 9.17) is 0 Å². The van der Waals surface area contributed by atoms with E-state index in [1.165, 1.54) is 0 Å². The Morgan fingerprint density at radius 2 is 2.50 bits per heavy atom. The Hall–Kier alpha value is -1.60. The molecule has 10 heavy (non-hydrogen) atoms. The van der Waals surface area contributed by atoms with Gasteiger partial charge >= 0.3 is 6.34 Å². The van der Waals surface area contributed by atoms with Crippen molar-refractivity contribution in [2.24, 2.45) is 4.99 Å². The zero-order valence-corrected chi connectivity index (χ0v) is 5.31. The lowest BCUT2D eigenvalue weighted by Gasteiger charge is -2.07. The SMILES string of the molecule is C1=CN2C=[N+]=CC=C2N=C1. The summed E-state index contributed by atoms with van der Waals surface area (Å²) in [4.78, 5) is 5.97. The summed E-state index contributed by atoms with van der Waals surface area (Å²) in [5.41, 5.74) is 0. The van der Waals surface area contributed by atoms with Crippen molar-refractivity contribution in [3.8, 4) is 0 Å². The highest BCUT2D eigenvalue weighted by molar-refractivity contribution is 5.83. The number of nitrogens with zero attached hydrogens (tertiary/aromatic N) is 3. The number of rotatable bonds is 0. The third-order valence-corrected chi connectivity index (χ3v) is 1.30. The topological polar surface area (TPSA) is 29.7 Å². The molecule has 0 atom stereocenters. The van der Waals surface area contributed by atoms with Crippen LogP contribution in [0.5, 0.6) is 0 Å². The van der Waals surface area contributed by atoms with Crippen LogP contribution in [0.2, 0.25) is 0 Å². The molecule has 2 aliphatic heterocycles. The van der Waals surface area contributed by atoms with Gasteiger partial charge in [-0.3, -0.25) is 0 Å². The van der Waals surface area contributed by atoms with Gasteiger partial charge in [0.2, 0.25) is 5.82 Å². The summed E-state index contributed by atoms with van der Waals surface area (Å²) in [6.45, 7) is 0. The molecule has 0 saturated heterocycles. The van der Waals surface area contributed by atoms with Crippen LogP contribution >= 0.6 is 0 Å². The molecule has 0 N–H and O–H groups in total. The lowest BCUT2D eigenvalue weighted by molar-refractivity contribution is 0.691. The second-order valence-electron chi connectivity index (χ2n) is 1.97. The highest BCUT2D eigenvalue weighted by atomic mass is 15.2. The van der Waals surface area contributed by atoms with Crippen LogP contribution in [-0.4, -0.2) is 23.7 Å². The average molecular weight is 132 g/mol. The average Bonchev–Trinajstić information content (AvgIpc) is 2.05. The molecular weight excluding hydrogens is 126 g/mol. The first-order valence-electron chi connectivity index (χ1n) is 3.03. The fraction of sp³-hybridized carbons (Fsp3) is 0. The van der Waals surface area contributed by atoms with E-state index in [2.05, 4.69) is 9.66 Å². The van der Waals surface area contributed by atoms with E-state index in [0.717, 1.165) is 5.82 Å². The van der Waals surface area contributed by atoms with Gasteiger partial charge in [0, 0.05) is 6.21 Å². The Labute approximate surface area is 58.4 Å². The van der Waals surface area contributed by atoms with Gasteiger partial charge in [-0.2, -0.15) is 4.90 Å². The quantitative estimate of drug-likeness (QED) is 0.423. The molecule has 2 heterocycles. The van der Waals surface area contributed by atoms with Crippen LogP contribution in [0.1, 0.15) is 0 Å². The first-order chi connectivity index (χ1) is 4.97. The van der Waals surface area contributed by atoms with Crippen molar-refractivity contribution in [1.29, 1.82) is 0 Å². The normalized spacial score (nSPS) is 19.2. The third-order valence-electron chi connectivity index (χ3n) is 1.30. The predicted octanol–water partition coefficient (Wildman–Crippen LogP) is -0.0922. The van der Waals surface area contributed by atoms with Gasteiger partial charge in [-0.15, -0.1) is 0 Å². The second-order valence-corrected chi connectivity index (χ2v) is 1.97. The van der Waals surface area contributed by atoms with Gasteiger partial charge in [0.1, 0.15) is 6.20 Å². The van der Waals surface area contributed by atoms with E-state index in [0.29, 0.717) is 0 Å². The molecule has 0 bridgehead atoms. The van der Waals surface area contributed by atoms with Crippen molar-refractivity contribution in [3.05, 3.63) is 24.2 Å². The highest BCUT2D eigenvalue weighted by Gasteiger charge is 2.14. The van der Waals surface area contributed by atoms with Crippen LogP contribution in [-0.2, 0) is 0 Å². The number of hydrogen-bond acceptors (Lipinski definition) is 2. The van der Waals surface area contributed by atoms with Crippen LogP contribution in [0, 0.1) is 0 Å². The molecular formula is C7H6N3+. The van der Waals surface area contributed by atoms with E-state index in [-0.39, 0.29) is 0 Å². The summed E-state index contributed by atoms with van der Waals surface area (Å²) < 4.78 is 3.94. The molecule has 0 amide bonds. The fourth-order valence-electron chi connectivity index (χ4n) is 0.840. The number of hydrogen-bond donors (Lipinski definition) is 0. The number of aliphatic imine (C=N–C) groups is 1. The van der Waals surface area contributed by atoms with Gasteiger partial charge in [-0.25, -0.2) is 9.66 Å². The summed E-state index contributed by atoms with van der Waals surface area (Å²) in [6, 6.07) is 0. The van der Waals surface area contributed by atoms with Crippen molar-refractivity contribution < 1.29 is 0 Å². The van der Waals surface area contributed by atoms with E-state index < -0.39 is 0 Å². The summed E-state index contributed by atoms with van der Waals surface area (Å²) in [7, 11) is 0. The van der Waals surface area contributed by atoms with Crippen LogP contribution in [0.15, 0.2) is 29.2 Å². The van der Waals surface area contributed by atoms with E-state index >= 15 is 0 Å². The van der Waals surface area contributed by atoms with Gasteiger partial charge < -0.3 is 0 Å². The zero-order valence-electron chi connectivity index (χ0n) is 5.31. The molecule has 3 heteroatoms. The van der Waals surface area contributed by atoms with Crippen molar-refractivity contribution in [3.63, 3.8) is 0 Å². The Morgan fingerprint density at radius 3 is 3.40 bits per heavy atom. The maximum Gasteiger partial charge on any atom is 0.343 e. The molecule has 2 aliphatic rings. The summed E-state index contributed by atoms with van der Waals surface area (Å²) in [5, 5.41) is 0. The molecule has 48 valence electrons. The van der Waals surface area contributed by atoms with Crippen molar-refractivity contribution in [1.82, 2.24) is 9.57 Å². The predicted molar refractivity (Wildman–Crippen MR) is 41.8 cm³/mol. The monoisotopic (exact) mass is 132 g/mol. The van der Waals surface area contributed by atoms with E-state index in [9.17, 15) is 0 Å². The molecule has 0 fully saturated rings.